The highest BCUT2D eigenvalue weighted by Gasteiger charge is 2.07. The van der Waals surface area contributed by atoms with Crippen LogP contribution in [0.3, 0.4) is 0 Å². The number of hydrogen-bond acceptors (Lipinski definition) is 3. The van der Waals surface area contributed by atoms with Crippen LogP contribution in [0.5, 0.6) is 5.75 Å². The lowest BCUT2D eigenvalue weighted by molar-refractivity contribution is 0.0696. The maximum Gasteiger partial charge on any atom is 0.337 e. The Balaban J connectivity index is 2.36. The fourth-order valence-corrected chi connectivity index (χ4v) is 1.77. The van der Waals surface area contributed by atoms with Gasteiger partial charge in [0.2, 0.25) is 0 Å². The van der Waals surface area contributed by atoms with Crippen LogP contribution >= 0.6 is 11.6 Å². The van der Waals surface area contributed by atoms with Crippen molar-refractivity contribution in [3.05, 3.63) is 47.1 Å². The highest BCUT2D eigenvalue weighted by Crippen LogP contribution is 2.29. The number of methoxy groups -OCH3 is 1. The summed E-state index contributed by atoms with van der Waals surface area (Å²) >= 11 is 6.01. The van der Waals surface area contributed by atoms with Crippen LogP contribution in [-0.4, -0.2) is 23.2 Å². The number of ether oxygens (including phenoxy) is 1. The minimum absolute atomic E-state index is 0.151. The van der Waals surface area contributed by atoms with Crippen molar-refractivity contribution in [2.24, 2.45) is 0 Å². The molecule has 0 saturated carbocycles. The third-order valence-corrected chi connectivity index (χ3v) is 2.75. The molecule has 0 aliphatic carbocycles. The molecule has 2 rings (SSSR count). The Kier molecular flexibility index (Phi) is 3.48. The molecule has 18 heavy (non-hydrogen) atoms. The van der Waals surface area contributed by atoms with Gasteiger partial charge in [0.15, 0.2) is 0 Å². The lowest BCUT2D eigenvalue weighted by Gasteiger charge is -2.05. The van der Waals surface area contributed by atoms with Crippen molar-refractivity contribution in [2.75, 3.05) is 7.11 Å². The van der Waals surface area contributed by atoms with E-state index in [-0.39, 0.29) is 5.56 Å². The molecule has 0 unspecified atom stereocenters. The molecule has 0 fully saturated rings. The normalized spacial score (nSPS) is 10.1. The average molecular weight is 264 g/mol. The molecule has 0 spiro atoms. The number of nitrogens with zero attached hydrogens (tertiary/aromatic N) is 1. The van der Waals surface area contributed by atoms with Gasteiger partial charge >= 0.3 is 5.97 Å². The van der Waals surface area contributed by atoms with E-state index >= 15 is 0 Å². The first-order valence-corrected chi connectivity index (χ1v) is 5.53. The molecule has 1 aromatic heterocycles. The largest absolute Gasteiger partial charge is 0.495 e. The molecule has 0 aliphatic heterocycles. The number of halogens is 1. The number of carboxylic acids is 1. The number of benzene rings is 1. The fourth-order valence-electron chi connectivity index (χ4n) is 1.52. The zero-order valence-corrected chi connectivity index (χ0v) is 10.3. The van der Waals surface area contributed by atoms with Crippen molar-refractivity contribution in [3.8, 4) is 17.0 Å². The molecule has 0 atom stereocenters. The quantitative estimate of drug-likeness (QED) is 0.924. The molecule has 92 valence electrons. The Morgan fingerprint density at radius 1 is 1.33 bits per heavy atom. The van der Waals surface area contributed by atoms with Gasteiger partial charge in [-0.15, -0.1) is 0 Å². The molecular weight excluding hydrogens is 254 g/mol. The topological polar surface area (TPSA) is 59.4 Å². The van der Waals surface area contributed by atoms with Crippen LogP contribution < -0.4 is 4.74 Å². The molecule has 1 heterocycles. The van der Waals surface area contributed by atoms with Gasteiger partial charge in [0, 0.05) is 11.8 Å². The minimum Gasteiger partial charge on any atom is -0.495 e. The predicted molar refractivity (Wildman–Crippen MR) is 68.2 cm³/mol. The van der Waals surface area contributed by atoms with Crippen molar-refractivity contribution in [2.45, 2.75) is 0 Å². The third kappa shape index (κ3) is 2.43. The monoisotopic (exact) mass is 263 g/mol. The number of rotatable bonds is 3. The predicted octanol–water partition coefficient (Wildman–Crippen LogP) is 3.11. The molecule has 0 amide bonds. The third-order valence-electron chi connectivity index (χ3n) is 2.46. The molecule has 5 heteroatoms. The SMILES string of the molecule is COc1ccc(-c2ccc(C(=O)O)cn2)cc1Cl. The van der Waals surface area contributed by atoms with Crippen molar-refractivity contribution >= 4 is 17.6 Å². The number of aromatic nitrogens is 1. The van der Waals surface area contributed by atoms with Gasteiger partial charge in [-0.25, -0.2) is 4.79 Å². The summed E-state index contributed by atoms with van der Waals surface area (Å²) in [6, 6.07) is 8.42. The van der Waals surface area contributed by atoms with Gasteiger partial charge in [-0.1, -0.05) is 11.6 Å². The van der Waals surface area contributed by atoms with Crippen LogP contribution in [0, 0.1) is 0 Å². The van der Waals surface area contributed by atoms with Crippen LogP contribution in [0.25, 0.3) is 11.3 Å². The molecule has 0 saturated heterocycles. The van der Waals surface area contributed by atoms with E-state index in [4.69, 9.17) is 21.4 Å². The van der Waals surface area contributed by atoms with E-state index < -0.39 is 5.97 Å². The number of carbonyl (C=O) groups is 1. The maximum absolute atomic E-state index is 10.7. The van der Waals surface area contributed by atoms with E-state index in [0.717, 1.165) is 5.56 Å². The summed E-state index contributed by atoms with van der Waals surface area (Å²) in [6.07, 6.45) is 1.32. The van der Waals surface area contributed by atoms with Crippen molar-refractivity contribution in [1.82, 2.24) is 4.98 Å². The second-order valence-corrected chi connectivity index (χ2v) is 3.99. The van der Waals surface area contributed by atoms with Gasteiger partial charge in [-0.3, -0.25) is 4.98 Å². The molecular formula is C13H10ClNO3. The van der Waals surface area contributed by atoms with E-state index in [1.807, 2.05) is 6.07 Å². The number of hydrogen-bond donors (Lipinski definition) is 1. The van der Waals surface area contributed by atoms with E-state index in [1.165, 1.54) is 12.3 Å². The molecule has 0 bridgehead atoms. The molecule has 0 radical (unpaired) electrons. The Bertz CT molecular complexity index is 581. The first-order valence-electron chi connectivity index (χ1n) is 5.15. The van der Waals surface area contributed by atoms with Crippen molar-refractivity contribution in [3.63, 3.8) is 0 Å². The fraction of sp³-hybridized carbons (Fsp3) is 0.0769. The summed E-state index contributed by atoms with van der Waals surface area (Å²) in [6.45, 7) is 0. The summed E-state index contributed by atoms with van der Waals surface area (Å²) in [5.74, 6) is -0.413. The summed E-state index contributed by atoms with van der Waals surface area (Å²) < 4.78 is 5.06. The zero-order valence-electron chi connectivity index (χ0n) is 9.55. The second kappa shape index (κ2) is 5.06. The Hall–Kier alpha value is -2.07. The number of pyridine rings is 1. The van der Waals surface area contributed by atoms with Crippen LogP contribution in [0.1, 0.15) is 10.4 Å². The zero-order chi connectivity index (χ0) is 13.1. The average Bonchev–Trinajstić information content (AvgIpc) is 2.38. The van der Waals surface area contributed by atoms with Crippen molar-refractivity contribution < 1.29 is 14.6 Å². The van der Waals surface area contributed by atoms with Gasteiger partial charge in [-0.2, -0.15) is 0 Å². The van der Waals surface area contributed by atoms with Gasteiger partial charge in [0.05, 0.1) is 23.4 Å². The Morgan fingerprint density at radius 3 is 2.61 bits per heavy atom. The van der Waals surface area contributed by atoms with Crippen LogP contribution in [-0.2, 0) is 0 Å². The van der Waals surface area contributed by atoms with Gasteiger partial charge < -0.3 is 9.84 Å². The van der Waals surface area contributed by atoms with Crippen LogP contribution in [0.4, 0.5) is 0 Å². The number of carboxylic acid groups (broad SMARTS) is 1. The Labute approximate surface area is 109 Å². The summed E-state index contributed by atoms with van der Waals surface area (Å²) in [5.41, 5.74) is 1.61. The summed E-state index contributed by atoms with van der Waals surface area (Å²) in [4.78, 5) is 14.8. The van der Waals surface area contributed by atoms with Crippen LogP contribution in [0.2, 0.25) is 5.02 Å². The molecule has 2 aromatic rings. The Morgan fingerprint density at radius 2 is 2.11 bits per heavy atom. The molecule has 4 nitrogen and oxygen atoms in total. The first-order chi connectivity index (χ1) is 8.61. The summed E-state index contributed by atoms with van der Waals surface area (Å²) in [5, 5.41) is 9.27. The maximum atomic E-state index is 10.7. The highest BCUT2D eigenvalue weighted by molar-refractivity contribution is 6.32. The van der Waals surface area contributed by atoms with Gasteiger partial charge in [-0.05, 0) is 30.3 Å². The van der Waals surface area contributed by atoms with E-state index in [2.05, 4.69) is 4.98 Å². The smallest absolute Gasteiger partial charge is 0.337 e. The molecule has 0 aliphatic rings. The number of aromatic carboxylic acids is 1. The van der Waals surface area contributed by atoms with Crippen molar-refractivity contribution in [1.29, 1.82) is 0 Å². The van der Waals surface area contributed by atoms with E-state index in [9.17, 15) is 4.79 Å². The standard InChI is InChI=1S/C13H10ClNO3/c1-18-12-5-3-8(6-10(12)14)11-4-2-9(7-15-11)13(16)17/h2-7H,1H3,(H,16,17). The second-order valence-electron chi connectivity index (χ2n) is 3.59. The van der Waals surface area contributed by atoms with E-state index in [0.29, 0.717) is 16.5 Å². The van der Waals surface area contributed by atoms with Gasteiger partial charge in [0.1, 0.15) is 5.75 Å². The molecule has 1 N–H and O–H groups in total. The lowest BCUT2D eigenvalue weighted by Crippen LogP contribution is -1.97. The highest BCUT2D eigenvalue weighted by atomic mass is 35.5. The minimum atomic E-state index is -0.998. The van der Waals surface area contributed by atoms with E-state index in [1.54, 1.807) is 25.3 Å². The lowest BCUT2D eigenvalue weighted by atomic mass is 10.1. The summed E-state index contributed by atoms with van der Waals surface area (Å²) in [7, 11) is 1.54. The molecule has 1 aromatic carbocycles. The van der Waals surface area contributed by atoms with Gasteiger partial charge in [0.25, 0.3) is 0 Å². The first kappa shape index (κ1) is 12.4. The van der Waals surface area contributed by atoms with Crippen LogP contribution in [0.15, 0.2) is 36.5 Å².